The standard InChI is InChI=1S/C14H27N3O2S/c1-19-10-5-15-14(18)17-7-2-6-16(8-9-17)13-3-11-20-12-4-13/h13H,2-12H2,1H3,(H,15,18). The summed E-state index contributed by atoms with van der Waals surface area (Å²) in [7, 11) is 1.65. The number of carbonyl (C=O) groups is 1. The fourth-order valence-corrected chi connectivity index (χ4v) is 4.01. The van der Waals surface area contributed by atoms with Gasteiger partial charge in [0.15, 0.2) is 0 Å². The molecule has 0 radical (unpaired) electrons. The van der Waals surface area contributed by atoms with Crippen LogP contribution in [0.15, 0.2) is 0 Å². The molecule has 2 amide bonds. The second kappa shape index (κ2) is 8.74. The Morgan fingerprint density at radius 2 is 2.05 bits per heavy atom. The Hall–Kier alpha value is -0.460. The van der Waals surface area contributed by atoms with Gasteiger partial charge in [0.05, 0.1) is 6.61 Å². The Labute approximate surface area is 126 Å². The van der Waals surface area contributed by atoms with Crippen LogP contribution >= 0.6 is 11.8 Å². The van der Waals surface area contributed by atoms with Gasteiger partial charge in [-0.15, -0.1) is 0 Å². The third-order valence-electron chi connectivity index (χ3n) is 4.11. The SMILES string of the molecule is COCCNC(=O)N1CCCN(C2CCSCC2)CC1. The summed E-state index contributed by atoms with van der Waals surface area (Å²) in [6.45, 7) is 5.05. The molecule has 5 nitrogen and oxygen atoms in total. The number of hydrogen-bond acceptors (Lipinski definition) is 4. The average molecular weight is 301 g/mol. The summed E-state index contributed by atoms with van der Waals surface area (Å²) in [5, 5.41) is 2.92. The van der Waals surface area contributed by atoms with E-state index in [2.05, 4.69) is 22.0 Å². The molecule has 0 bridgehead atoms. The molecule has 0 spiro atoms. The third kappa shape index (κ3) is 4.82. The molecule has 0 aliphatic carbocycles. The van der Waals surface area contributed by atoms with E-state index in [0.717, 1.165) is 38.6 Å². The molecule has 2 aliphatic rings. The Balaban J connectivity index is 1.74. The fraction of sp³-hybridized carbons (Fsp3) is 0.929. The molecule has 2 saturated heterocycles. The summed E-state index contributed by atoms with van der Waals surface area (Å²) in [5.41, 5.74) is 0. The summed E-state index contributed by atoms with van der Waals surface area (Å²) in [6.07, 6.45) is 3.71. The van der Waals surface area contributed by atoms with E-state index in [1.165, 1.54) is 24.3 Å². The van der Waals surface area contributed by atoms with Gasteiger partial charge in [0.2, 0.25) is 0 Å². The minimum absolute atomic E-state index is 0.0584. The molecule has 2 heterocycles. The van der Waals surface area contributed by atoms with E-state index in [0.29, 0.717) is 13.2 Å². The van der Waals surface area contributed by atoms with Crippen LogP contribution in [0.25, 0.3) is 0 Å². The molecule has 2 fully saturated rings. The smallest absolute Gasteiger partial charge is 0.317 e. The number of carbonyl (C=O) groups excluding carboxylic acids is 1. The number of nitrogens with zero attached hydrogens (tertiary/aromatic N) is 2. The molecule has 116 valence electrons. The molecular formula is C14H27N3O2S. The monoisotopic (exact) mass is 301 g/mol. The van der Waals surface area contributed by atoms with Gasteiger partial charge in [-0.2, -0.15) is 11.8 Å². The van der Waals surface area contributed by atoms with E-state index in [1.807, 2.05) is 4.90 Å². The highest BCUT2D eigenvalue weighted by molar-refractivity contribution is 7.99. The van der Waals surface area contributed by atoms with E-state index in [1.54, 1.807) is 7.11 Å². The predicted molar refractivity (Wildman–Crippen MR) is 83.4 cm³/mol. The second-order valence-corrected chi connectivity index (χ2v) is 6.67. The van der Waals surface area contributed by atoms with Crippen molar-refractivity contribution in [2.45, 2.75) is 25.3 Å². The van der Waals surface area contributed by atoms with Crippen LogP contribution in [0.3, 0.4) is 0 Å². The molecule has 2 rings (SSSR count). The highest BCUT2D eigenvalue weighted by Gasteiger charge is 2.25. The average Bonchev–Trinajstić information content (AvgIpc) is 2.74. The van der Waals surface area contributed by atoms with Gasteiger partial charge >= 0.3 is 6.03 Å². The zero-order chi connectivity index (χ0) is 14.2. The largest absolute Gasteiger partial charge is 0.383 e. The van der Waals surface area contributed by atoms with Crippen molar-refractivity contribution in [2.24, 2.45) is 0 Å². The lowest BCUT2D eigenvalue weighted by Crippen LogP contribution is -2.44. The van der Waals surface area contributed by atoms with E-state index in [-0.39, 0.29) is 6.03 Å². The minimum Gasteiger partial charge on any atom is -0.383 e. The van der Waals surface area contributed by atoms with Gasteiger partial charge in [-0.1, -0.05) is 0 Å². The van der Waals surface area contributed by atoms with E-state index in [9.17, 15) is 4.79 Å². The van der Waals surface area contributed by atoms with Crippen LogP contribution in [-0.4, -0.2) is 79.8 Å². The maximum atomic E-state index is 12.0. The number of amides is 2. The van der Waals surface area contributed by atoms with Crippen LogP contribution in [0.1, 0.15) is 19.3 Å². The maximum Gasteiger partial charge on any atom is 0.317 e. The third-order valence-corrected chi connectivity index (χ3v) is 5.16. The predicted octanol–water partition coefficient (Wildman–Crippen LogP) is 1.25. The van der Waals surface area contributed by atoms with E-state index in [4.69, 9.17) is 4.74 Å². The Bertz CT molecular complexity index is 298. The van der Waals surface area contributed by atoms with Gasteiger partial charge in [0.1, 0.15) is 0 Å². The van der Waals surface area contributed by atoms with Crippen LogP contribution < -0.4 is 5.32 Å². The number of rotatable bonds is 4. The summed E-state index contributed by atoms with van der Waals surface area (Å²) < 4.78 is 4.96. The molecular weight excluding hydrogens is 274 g/mol. The van der Waals surface area contributed by atoms with Gasteiger partial charge in [-0.05, 0) is 30.8 Å². The first-order chi connectivity index (χ1) is 9.81. The van der Waals surface area contributed by atoms with E-state index >= 15 is 0 Å². The first-order valence-corrected chi connectivity index (χ1v) is 8.80. The second-order valence-electron chi connectivity index (χ2n) is 5.44. The van der Waals surface area contributed by atoms with Gasteiger partial charge in [0.25, 0.3) is 0 Å². The van der Waals surface area contributed by atoms with Gasteiger partial charge < -0.3 is 15.0 Å². The molecule has 6 heteroatoms. The van der Waals surface area contributed by atoms with Crippen molar-refractivity contribution in [3.8, 4) is 0 Å². The summed E-state index contributed by atoms with van der Waals surface area (Å²) in [4.78, 5) is 16.6. The van der Waals surface area contributed by atoms with Crippen molar-refractivity contribution in [2.75, 3.05) is 57.9 Å². The summed E-state index contributed by atoms with van der Waals surface area (Å²) in [5.74, 6) is 2.59. The molecule has 0 unspecified atom stereocenters. The Morgan fingerprint density at radius 1 is 1.25 bits per heavy atom. The van der Waals surface area contributed by atoms with Crippen molar-refractivity contribution in [1.29, 1.82) is 0 Å². The Morgan fingerprint density at radius 3 is 2.80 bits per heavy atom. The molecule has 0 aromatic heterocycles. The van der Waals surface area contributed by atoms with Crippen LogP contribution in [0, 0.1) is 0 Å². The quantitative estimate of drug-likeness (QED) is 0.794. The van der Waals surface area contributed by atoms with Crippen LogP contribution in [0.4, 0.5) is 4.79 Å². The van der Waals surface area contributed by atoms with Crippen LogP contribution in [-0.2, 0) is 4.74 Å². The van der Waals surface area contributed by atoms with E-state index < -0.39 is 0 Å². The van der Waals surface area contributed by atoms with Crippen molar-refractivity contribution >= 4 is 17.8 Å². The molecule has 20 heavy (non-hydrogen) atoms. The first kappa shape index (κ1) is 15.9. The maximum absolute atomic E-state index is 12.0. The molecule has 0 aromatic carbocycles. The van der Waals surface area contributed by atoms with Crippen molar-refractivity contribution in [3.63, 3.8) is 0 Å². The normalized spacial score (nSPS) is 22.6. The Kier molecular flexibility index (Phi) is 6.96. The fourth-order valence-electron chi connectivity index (χ4n) is 2.93. The van der Waals surface area contributed by atoms with Gasteiger partial charge in [0, 0.05) is 45.9 Å². The number of nitrogens with one attached hydrogen (secondary N) is 1. The lowest BCUT2D eigenvalue weighted by molar-refractivity contribution is 0.173. The highest BCUT2D eigenvalue weighted by Crippen LogP contribution is 2.22. The van der Waals surface area contributed by atoms with Gasteiger partial charge in [-0.3, -0.25) is 4.90 Å². The zero-order valence-electron chi connectivity index (χ0n) is 12.5. The van der Waals surface area contributed by atoms with Crippen molar-refractivity contribution < 1.29 is 9.53 Å². The number of ether oxygens (including phenoxy) is 1. The molecule has 1 N–H and O–H groups in total. The van der Waals surface area contributed by atoms with Crippen LogP contribution in [0.5, 0.6) is 0 Å². The van der Waals surface area contributed by atoms with Crippen LogP contribution in [0.2, 0.25) is 0 Å². The molecule has 0 aromatic rings. The van der Waals surface area contributed by atoms with Gasteiger partial charge in [-0.25, -0.2) is 4.79 Å². The molecule has 0 atom stereocenters. The number of thioether (sulfide) groups is 1. The molecule has 0 saturated carbocycles. The molecule has 2 aliphatic heterocycles. The number of urea groups is 1. The summed E-state index contributed by atoms with van der Waals surface area (Å²) in [6, 6.07) is 0.802. The lowest BCUT2D eigenvalue weighted by atomic mass is 10.1. The number of methoxy groups -OCH3 is 1. The van der Waals surface area contributed by atoms with Crippen molar-refractivity contribution in [1.82, 2.24) is 15.1 Å². The zero-order valence-corrected chi connectivity index (χ0v) is 13.3. The minimum atomic E-state index is 0.0584. The summed E-state index contributed by atoms with van der Waals surface area (Å²) >= 11 is 2.07. The number of hydrogen-bond donors (Lipinski definition) is 1. The highest BCUT2D eigenvalue weighted by atomic mass is 32.2. The van der Waals surface area contributed by atoms with Crippen molar-refractivity contribution in [3.05, 3.63) is 0 Å². The first-order valence-electron chi connectivity index (χ1n) is 7.65. The topological polar surface area (TPSA) is 44.8 Å². The lowest BCUT2D eigenvalue weighted by Gasteiger charge is -2.33.